The summed E-state index contributed by atoms with van der Waals surface area (Å²) in [4.78, 5) is 12.1. The van der Waals surface area contributed by atoms with E-state index >= 15 is 0 Å². The van der Waals surface area contributed by atoms with Crippen LogP contribution in [0.15, 0.2) is 18.2 Å². The normalized spacial score (nSPS) is 12.5. The Bertz CT molecular complexity index is 429. The molecule has 1 N–H and O–H groups in total. The monoisotopic (exact) mass is 325 g/mol. The van der Waals surface area contributed by atoms with Crippen molar-refractivity contribution in [3.63, 3.8) is 0 Å². The van der Waals surface area contributed by atoms with Gasteiger partial charge in [0.1, 0.15) is 0 Å². The van der Waals surface area contributed by atoms with Crippen LogP contribution < -0.4 is 5.32 Å². The van der Waals surface area contributed by atoms with Gasteiger partial charge in [0.25, 0.3) is 0 Å². The van der Waals surface area contributed by atoms with Gasteiger partial charge in [0.2, 0.25) is 5.91 Å². The lowest BCUT2D eigenvalue weighted by molar-refractivity contribution is -0.121. The molecule has 106 valence electrons. The number of halogens is 1. The molecule has 0 bridgehead atoms. The fraction of sp³-hybridized carbons (Fsp3) is 0.562. The maximum atomic E-state index is 12.1. The number of amides is 1. The zero-order valence-electron chi connectivity index (χ0n) is 12.3. The molecule has 1 aromatic rings. The highest BCUT2D eigenvalue weighted by Crippen LogP contribution is 2.13. The zero-order valence-corrected chi connectivity index (χ0v) is 13.9. The number of aryl methyl sites for hydroxylation is 2. The van der Waals surface area contributed by atoms with Gasteiger partial charge in [-0.2, -0.15) is 0 Å². The number of hydrogen-bond donors (Lipinski definition) is 1. The van der Waals surface area contributed by atoms with E-state index in [1.807, 2.05) is 0 Å². The third kappa shape index (κ3) is 5.35. The SMILES string of the molecule is Cc1ccc(C)c(CC(=O)NC(CCBr)C(C)C)c1. The van der Waals surface area contributed by atoms with E-state index in [1.165, 1.54) is 11.1 Å². The molecular formula is C16H24BrNO. The molecule has 0 saturated heterocycles. The number of carbonyl (C=O) groups excluding carboxylic acids is 1. The molecule has 0 aromatic heterocycles. The van der Waals surface area contributed by atoms with Gasteiger partial charge in [-0.15, -0.1) is 0 Å². The van der Waals surface area contributed by atoms with E-state index in [-0.39, 0.29) is 11.9 Å². The molecule has 0 radical (unpaired) electrons. The summed E-state index contributed by atoms with van der Waals surface area (Å²) in [6.45, 7) is 8.40. The fourth-order valence-corrected chi connectivity index (χ4v) is 2.60. The largest absolute Gasteiger partial charge is 0.353 e. The van der Waals surface area contributed by atoms with E-state index in [4.69, 9.17) is 0 Å². The molecule has 2 nitrogen and oxygen atoms in total. The molecule has 0 aliphatic rings. The van der Waals surface area contributed by atoms with Gasteiger partial charge in [0.05, 0.1) is 6.42 Å². The van der Waals surface area contributed by atoms with E-state index in [1.54, 1.807) is 0 Å². The Morgan fingerprint density at radius 2 is 2.00 bits per heavy atom. The molecule has 1 rings (SSSR count). The maximum Gasteiger partial charge on any atom is 0.224 e. The number of benzene rings is 1. The van der Waals surface area contributed by atoms with Crippen LogP contribution in [0, 0.1) is 19.8 Å². The lowest BCUT2D eigenvalue weighted by atomic mass is 10.00. The molecule has 1 atom stereocenters. The van der Waals surface area contributed by atoms with E-state index in [9.17, 15) is 4.79 Å². The van der Waals surface area contributed by atoms with Gasteiger partial charge < -0.3 is 5.32 Å². The molecule has 0 aliphatic heterocycles. The summed E-state index contributed by atoms with van der Waals surface area (Å²) >= 11 is 3.44. The minimum absolute atomic E-state index is 0.119. The quantitative estimate of drug-likeness (QED) is 0.792. The first-order valence-electron chi connectivity index (χ1n) is 6.85. The lowest BCUT2D eigenvalue weighted by Crippen LogP contribution is -2.39. The van der Waals surface area contributed by atoms with Crippen molar-refractivity contribution in [3.8, 4) is 0 Å². The van der Waals surface area contributed by atoms with Crippen LogP contribution >= 0.6 is 15.9 Å². The first kappa shape index (κ1) is 16.2. The molecule has 19 heavy (non-hydrogen) atoms. The molecule has 3 heteroatoms. The van der Waals surface area contributed by atoms with Crippen molar-refractivity contribution >= 4 is 21.8 Å². The first-order chi connectivity index (χ1) is 8.93. The predicted molar refractivity (Wildman–Crippen MR) is 84.8 cm³/mol. The summed E-state index contributed by atoms with van der Waals surface area (Å²) in [5.74, 6) is 0.577. The maximum absolute atomic E-state index is 12.1. The summed E-state index contributed by atoms with van der Waals surface area (Å²) in [6, 6.07) is 6.51. The van der Waals surface area contributed by atoms with Crippen LogP contribution in [-0.2, 0) is 11.2 Å². The smallest absolute Gasteiger partial charge is 0.224 e. The third-order valence-electron chi connectivity index (χ3n) is 3.43. The van der Waals surface area contributed by atoms with Crippen molar-refractivity contribution < 1.29 is 4.79 Å². The van der Waals surface area contributed by atoms with Gasteiger partial charge in [-0.05, 0) is 37.3 Å². The van der Waals surface area contributed by atoms with Crippen LogP contribution in [0.25, 0.3) is 0 Å². The van der Waals surface area contributed by atoms with E-state index in [0.717, 1.165) is 17.3 Å². The number of nitrogens with one attached hydrogen (secondary N) is 1. The van der Waals surface area contributed by atoms with Crippen molar-refractivity contribution in [2.45, 2.75) is 46.6 Å². The molecule has 1 aromatic carbocycles. The number of hydrogen-bond acceptors (Lipinski definition) is 1. The van der Waals surface area contributed by atoms with Crippen molar-refractivity contribution in [1.29, 1.82) is 0 Å². The standard InChI is InChI=1S/C16H24BrNO/c1-11(2)15(7-8-17)18-16(19)10-14-9-12(3)5-6-13(14)4/h5-6,9,11,15H,7-8,10H2,1-4H3,(H,18,19). The van der Waals surface area contributed by atoms with Crippen LogP contribution in [0.4, 0.5) is 0 Å². The highest BCUT2D eigenvalue weighted by molar-refractivity contribution is 9.09. The average molecular weight is 326 g/mol. The third-order valence-corrected chi connectivity index (χ3v) is 3.88. The van der Waals surface area contributed by atoms with Gasteiger partial charge in [0, 0.05) is 11.4 Å². The van der Waals surface area contributed by atoms with Crippen LogP contribution in [-0.4, -0.2) is 17.3 Å². The van der Waals surface area contributed by atoms with Gasteiger partial charge >= 0.3 is 0 Å². The van der Waals surface area contributed by atoms with E-state index in [2.05, 4.69) is 67.1 Å². The van der Waals surface area contributed by atoms with Gasteiger partial charge in [-0.3, -0.25) is 4.79 Å². The van der Waals surface area contributed by atoms with Gasteiger partial charge in [0.15, 0.2) is 0 Å². The Balaban J connectivity index is 2.66. The van der Waals surface area contributed by atoms with Gasteiger partial charge in [-0.1, -0.05) is 53.5 Å². The Hall–Kier alpha value is -0.830. The summed E-state index contributed by atoms with van der Waals surface area (Å²) in [5.41, 5.74) is 3.51. The Morgan fingerprint density at radius 1 is 1.32 bits per heavy atom. The predicted octanol–water partition coefficient (Wildman–Crippen LogP) is 3.77. The summed E-state index contributed by atoms with van der Waals surface area (Å²) in [6.07, 6.45) is 1.44. The van der Waals surface area contributed by atoms with Crippen LogP contribution in [0.1, 0.15) is 37.0 Å². The van der Waals surface area contributed by atoms with Crippen LogP contribution in [0.3, 0.4) is 0 Å². The topological polar surface area (TPSA) is 29.1 Å². The highest BCUT2D eigenvalue weighted by Gasteiger charge is 2.16. The summed E-state index contributed by atoms with van der Waals surface area (Å²) in [5, 5.41) is 4.06. The molecular weight excluding hydrogens is 302 g/mol. The summed E-state index contributed by atoms with van der Waals surface area (Å²) in [7, 11) is 0. The summed E-state index contributed by atoms with van der Waals surface area (Å²) < 4.78 is 0. The average Bonchev–Trinajstić information content (AvgIpc) is 2.33. The van der Waals surface area contributed by atoms with Crippen molar-refractivity contribution in [3.05, 3.63) is 34.9 Å². The van der Waals surface area contributed by atoms with Crippen molar-refractivity contribution in [1.82, 2.24) is 5.32 Å². The van der Waals surface area contributed by atoms with E-state index in [0.29, 0.717) is 12.3 Å². The van der Waals surface area contributed by atoms with Crippen molar-refractivity contribution in [2.75, 3.05) is 5.33 Å². The number of alkyl halides is 1. The van der Waals surface area contributed by atoms with Crippen LogP contribution in [0.2, 0.25) is 0 Å². The minimum atomic E-state index is 0.119. The molecule has 0 spiro atoms. The Kier molecular flexibility index (Phi) is 6.56. The zero-order chi connectivity index (χ0) is 14.4. The highest BCUT2D eigenvalue weighted by atomic mass is 79.9. The second-order valence-electron chi connectivity index (χ2n) is 5.50. The minimum Gasteiger partial charge on any atom is -0.353 e. The second-order valence-corrected chi connectivity index (χ2v) is 6.30. The number of carbonyl (C=O) groups is 1. The molecule has 0 heterocycles. The second kappa shape index (κ2) is 7.68. The molecule has 0 saturated carbocycles. The molecule has 0 fully saturated rings. The van der Waals surface area contributed by atoms with E-state index < -0.39 is 0 Å². The first-order valence-corrected chi connectivity index (χ1v) is 7.97. The molecule has 0 aliphatic carbocycles. The van der Waals surface area contributed by atoms with Crippen LogP contribution in [0.5, 0.6) is 0 Å². The molecule has 1 amide bonds. The molecule has 1 unspecified atom stereocenters. The number of rotatable bonds is 6. The lowest BCUT2D eigenvalue weighted by Gasteiger charge is -2.21. The Labute approximate surface area is 125 Å². The Morgan fingerprint density at radius 3 is 2.58 bits per heavy atom. The fourth-order valence-electron chi connectivity index (χ4n) is 2.11. The van der Waals surface area contributed by atoms with Gasteiger partial charge in [-0.25, -0.2) is 0 Å². The van der Waals surface area contributed by atoms with Crippen molar-refractivity contribution in [2.24, 2.45) is 5.92 Å².